The number of amides is 1. The number of alkyl carbamates (subject to hydrolysis) is 1. The lowest BCUT2D eigenvalue weighted by Gasteiger charge is -2.39. The van der Waals surface area contributed by atoms with Crippen LogP contribution in [0.1, 0.15) is 61.1 Å². The van der Waals surface area contributed by atoms with Crippen molar-refractivity contribution in [3.63, 3.8) is 0 Å². The summed E-state index contributed by atoms with van der Waals surface area (Å²) < 4.78 is 48.3. The molecular formula is C29H31F3N4O3. The monoisotopic (exact) mass is 540 g/mol. The fourth-order valence-corrected chi connectivity index (χ4v) is 5.22. The molecule has 2 heterocycles. The van der Waals surface area contributed by atoms with Crippen LogP contribution in [0.5, 0.6) is 0 Å². The summed E-state index contributed by atoms with van der Waals surface area (Å²) in [4.78, 5) is 33.5. The van der Waals surface area contributed by atoms with Crippen molar-refractivity contribution < 1.29 is 27.5 Å². The van der Waals surface area contributed by atoms with Crippen LogP contribution >= 0.6 is 0 Å². The van der Waals surface area contributed by atoms with Crippen molar-refractivity contribution in [2.45, 2.75) is 64.1 Å². The first-order valence-electron chi connectivity index (χ1n) is 12.8. The van der Waals surface area contributed by atoms with Crippen molar-refractivity contribution in [2.24, 2.45) is 11.7 Å². The summed E-state index contributed by atoms with van der Waals surface area (Å²) in [7, 11) is 0. The number of aromatic nitrogens is 2. The SMILES string of the molecule is CC(C)OC(=O)N[C@@H]1[C@H](N)C[C@H](c2ccncc2CC(=O)c2ccc(F)c(-c3c(F)cccc3F)n2)C[C@@H]1C. The van der Waals surface area contributed by atoms with Gasteiger partial charge in [-0.3, -0.25) is 9.78 Å². The Kier molecular flexibility index (Phi) is 8.64. The van der Waals surface area contributed by atoms with Gasteiger partial charge in [0.05, 0.1) is 11.7 Å². The van der Waals surface area contributed by atoms with E-state index in [1.54, 1.807) is 26.2 Å². The number of hydrogen-bond acceptors (Lipinski definition) is 6. The molecule has 1 aliphatic carbocycles. The molecule has 2 aromatic heterocycles. The van der Waals surface area contributed by atoms with Gasteiger partial charge in [-0.05, 0) is 80.0 Å². The van der Waals surface area contributed by atoms with Crippen molar-refractivity contribution in [3.8, 4) is 11.3 Å². The number of nitrogens with one attached hydrogen (secondary N) is 1. The molecule has 3 aromatic rings. The summed E-state index contributed by atoms with van der Waals surface area (Å²) in [5.74, 6) is -3.31. The predicted molar refractivity (Wildman–Crippen MR) is 139 cm³/mol. The highest BCUT2D eigenvalue weighted by molar-refractivity contribution is 5.96. The van der Waals surface area contributed by atoms with E-state index in [4.69, 9.17) is 10.5 Å². The molecule has 0 spiro atoms. The third kappa shape index (κ3) is 6.44. The molecule has 1 aliphatic rings. The number of Topliss-reactive ketones (excluding diaryl/α,β-unsaturated/α-hetero) is 1. The first kappa shape index (κ1) is 28.2. The second-order valence-electron chi connectivity index (χ2n) is 10.2. The van der Waals surface area contributed by atoms with E-state index in [0.29, 0.717) is 18.4 Å². The van der Waals surface area contributed by atoms with E-state index >= 15 is 0 Å². The van der Waals surface area contributed by atoms with Crippen LogP contribution in [0.15, 0.2) is 48.8 Å². The van der Waals surface area contributed by atoms with Gasteiger partial charge in [-0.25, -0.2) is 22.9 Å². The number of nitrogens with zero attached hydrogens (tertiary/aromatic N) is 2. The summed E-state index contributed by atoms with van der Waals surface area (Å²) in [6.07, 6.45) is 3.65. The van der Waals surface area contributed by atoms with E-state index < -0.39 is 40.6 Å². The highest BCUT2D eigenvalue weighted by Gasteiger charge is 2.36. The number of hydrogen-bond donors (Lipinski definition) is 2. The fraction of sp³-hybridized carbons (Fsp3) is 0.379. The molecular weight excluding hydrogens is 509 g/mol. The molecule has 10 heteroatoms. The molecule has 0 unspecified atom stereocenters. The van der Waals surface area contributed by atoms with Gasteiger partial charge in [0.2, 0.25) is 0 Å². The average molecular weight is 541 g/mol. The van der Waals surface area contributed by atoms with Gasteiger partial charge in [0.15, 0.2) is 5.78 Å². The lowest BCUT2D eigenvalue weighted by Crippen LogP contribution is -2.55. The van der Waals surface area contributed by atoms with Crippen LogP contribution in [0, 0.1) is 23.4 Å². The predicted octanol–water partition coefficient (Wildman–Crippen LogP) is 5.33. The Balaban J connectivity index is 1.54. The molecule has 7 nitrogen and oxygen atoms in total. The number of rotatable bonds is 7. The molecule has 1 amide bonds. The van der Waals surface area contributed by atoms with Crippen molar-refractivity contribution in [1.82, 2.24) is 15.3 Å². The van der Waals surface area contributed by atoms with Crippen molar-refractivity contribution >= 4 is 11.9 Å². The molecule has 3 N–H and O–H groups in total. The Morgan fingerprint density at radius 1 is 1.08 bits per heavy atom. The van der Waals surface area contributed by atoms with E-state index in [0.717, 1.165) is 23.8 Å². The van der Waals surface area contributed by atoms with E-state index in [1.165, 1.54) is 12.1 Å². The van der Waals surface area contributed by atoms with Gasteiger partial charge < -0.3 is 15.8 Å². The lowest BCUT2D eigenvalue weighted by molar-refractivity contribution is 0.0982. The molecule has 4 rings (SSSR count). The highest BCUT2D eigenvalue weighted by atomic mass is 19.1. The third-order valence-electron chi connectivity index (χ3n) is 6.98. The van der Waals surface area contributed by atoms with Crippen LogP contribution in [0.2, 0.25) is 0 Å². The lowest BCUT2D eigenvalue weighted by atomic mass is 9.72. The van der Waals surface area contributed by atoms with Crippen LogP contribution in [-0.4, -0.2) is 40.0 Å². The number of halogens is 3. The maximum absolute atomic E-state index is 14.5. The minimum atomic E-state index is -0.978. The third-order valence-corrected chi connectivity index (χ3v) is 6.98. The number of carbonyl (C=O) groups is 2. The minimum Gasteiger partial charge on any atom is -0.447 e. The minimum absolute atomic E-state index is 0.00391. The van der Waals surface area contributed by atoms with Gasteiger partial charge in [0.25, 0.3) is 0 Å². The average Bonchev–Trinajstić information content (AvgIpc) is 2.87. The number of pyridine rings is 2. The molecule has 0 bridgehead atoms. The first-order chi connectivity index (χ1) is 18.5. The Hall–Kier alpha value is -3.79. The zero-order valence-electron chi connectivity index (χ0n) is 22.0. The van der Waals surface area contributed by atoms with Gasteiger partial charge in [-0.1, -0.05) is 13.0 Å². The summed E-state index contributed by atoms with van der Waals surface area (Å²) in [6.45, 7) is 5.55. The number of ketones is 1. The topological polar surface area (TPSA) is 107 Å². The Morgan fingerprint density at radius 2 is 1.79 bits per heavy atom. The number of ether oxygens (including phenoxy) is 1. The molecule has 0 radical (unpaired) electrons. The molecule has 1 aromatic carbocycles. The van der Waals surface area contributed by atoms with Gasteiger partial charge in [-0.15, -0.1) is 0 Å². The maximum atomic E-state index is 14.5. The summed E-state index contributed by atoms with van der Waals surface area (Å²) in [5, 5.41) is 2.88. The largest absolute Gasteiger partial charge is 0.447 e. The summed E-state index contributed by atoms with van der Waals surface area (Å²) in [6, 6.07) is 6.57. The number of carbonyl (C=O) groups excluding carboxylic acids is 2. The van der Waals surface area contributed by atoms with Crippen molar-refractivity contribution in [2.75, 3.05) is 0 Å². The smallest absolute Gasteiger partial charge is 0.407 e. The quantitative estimate of drug-likeness (QED) is 0.393. The summed E-state index contributed by atoms with van der Waals surface area (Å²) in [5.41, 5.74) is 6.71. The highest BCUT2D eigenvalue weighted by Crippen LogP contribution is 2.37. The van der Waals surface area contributed by atoms with E-state index in [2.05, 4.69) is 15.3 Å². The van der Waals surface area contributed by atoms with Crippen molar-refractivity contribution in [1.29, 1.82) is 0 Å². The fourth-order valence-electron chi connectivity index (χ4n) is 5.22. The van der Waals surface area contributed by atoms with Crippen LogP contribution in [-0.2, 0) is 11.2 Å². The Morgan fingerprint density at radius 3 is 2.46 bits per heavy atom. The molecule has 0 saturated heterocycles. The van der Waals surface area contributed by atoms with E-state index in [9.17, 15) is 22.8 Å². The molecule has 1 saturated carbocycles. The van der Waals surface area contributed by atoms with Crippen LogP contribution < -0.4 is 11.1 Å². The van der Waals surface area contributed by atoms with Gasteiger partial charge >= 0.3 is 6.09 Å². The van der Waals surface area contributed by atoms with Crippen LogP contribution in [0.4, 0.5) is 18.0 Å². The standard InChI is InChI=1S/C29H31F3N4O3/c1-15(2)39-29(38)36-27-16(3)11-17(12-23(27)33)19-9-10-34-14-18(19)13-25(37)24-8-7-22(32)28(35-24)26-20(30)5-4-6-21(26)31/h4-10,14-17,23,27H,11-13,33H2,1-3H3,(H,36,38)/t16-,17+,23+,27-/m0/s1. The number of nitrogens with two attached hydrogens (primary N) is 1. The zero-order chi connectivity index (χ0) is 28.3. The molecule has 0 aliphatic heterocycles. The van der Waals surface area contributed by atoms with Crippen molar-refractivity contribution in [3.05, 3.63) is 83.1 Å². The molecule has 4 atom stereocenters. The van der Waals surface area contributed by atoms with Crippen LogP contribution in [0.3, 0.4) is 0 Å². The molecule has 1 fully saturated rings. The second-order valence-corrected chi connectivity index (χ2v) is 10.2. The normalized spacial score (nSPS) is 21.0. The van der Waals surface area contributed by atoms with Gasteiger partial charge in [0, 0.05) is 30.9 Å². The van der Waals surface area contributed by atoms with E-state index in [-0.39, 0.29) is 42.1 Å². The molecule has 39 heavy (non-hydrogen) atoms. The zero-order valence-corrected chi connectivity index (χ0v) is 22.0. The van der Waals surface area contributed by atoms with E-state index in [1.807, 2.05) is 13.0 Å². The Bertz CT molecular complexity index is 1340. The second kappa shape index (κ2) is 11.9. The maximum Gasteiger partial charge on any atom is 0.407 e. The Labute approximate surface area is 225 Å². The number of benzene rings is 1. The van der Waals surface area contributed by atoms with Gasteiger partial charge in [0.1, 0.15) is 28.8 Å². The van der Waals surface area contributed by atoms with Gasteiger partial charge in [-0.2, -0.15) is 0 Å². The van der Waals surface area contributed by atoms with Crippen LogP contribution in [0.25, 0.3) is 11.3 Å². The molecule has 206 valence electrons. The summed E-state index contributed by atoms with van der Waals surface area (Å²) >= 11 is 0. The first-order valence-corrected chi connectivity index (χ1v) is 12.8.